The number of aldehydes is 1. The standard InChI is InChI=1S/C7H7NOS/c1-2-3-6-5-10-7(4-9)8-6/h2,4-5H,1,3H2. The molecular formula is C7H7NOS. The van der Waals surface area contributed by atoms with Gasteiger partial charge in [-0.3, -0.25) is 4.79 Å². The summed E-state index contributed by atoms with van der Waals surface area (Å²) < 4.78 is 0. The molecule has 1 aromatic heterocycles. The van der Waals surface area contributed by atoms with E-state index >= 15 is 0 Å². The van der Waals surface area contributed by atoms with Gasteiger partial charge in [-0.2, -0.15) is 0 Å². The van der Waals surface area contributed by atoms with Crippen LogP contribution < -0.4 is 0 Å². The quantitative estimate of drug-likeness (QED) is 0.488. The second-order valence-corrected chi connectivity index (χ2v) is 2.68. The molecule has 52 valence electrons. The maximum atomic E-state index is 10.1. The van der Waals surface area contributed by atoms with E-state index in [1.807, 2.05) is 5.38 Å². The van der Waals surface area contributed by atoms with Crippen molar-refractivity contribution >= 4 is 17.6 Å². The molecule has 0 aliphatic rings. The average molecular weight is 153 g/mol. The molecule has 3 heteroatoms. The van der Waals surface area contributed by atoms with Crippen molar-refractivity contribution in [2.45, 2.75) is 6.42 Å². The number of allylic oxidation sites excluding steroid dienone is 1. The maximum absolute atomic E-state index is 10.1. The largest absolute Gasteiger partial charge is 0.295 e. The van der Waals surface area contributed by atoms with Crippen molar-refractivity contribution in [3.8, 4) is 0 Å². The normalized spacial score (nSPS) is 9.20. The molecule has 0 amide bonds. The number of thiazole rings is 1. The highest BCUT2D eigenvalue weighted by molar-refractivity contribution is 7.11. The predicted octanol–water partition coefficient (Wildman–Crippen LogP) is 1.68. The molecule has 0 fully saturated rings. The van der Waals surface area contributed by atoms with E-state index in [1.54, 1.807) is 6.08 Å². The monoisotopic (exact) mass is 153 g/mol. The maximum Gasteiger partial charge on any atom is 0.178 e. The van der Waals surface area contributed by atoms with Gasteiger partial charge in [-0.15, -0.1) is 17.9 Å². The van der Waals surface area contributed by atoms with Gasteiger partial charge in [0, 0.05) is 11.8 Å². The fourth-order valence-corrected chi connectivity index (χ4v) is 1.25. The van der Waals surface area contributed by atoms with Crippen molar-refractivity contribution in [1.82, 2.24) is 4.98 Å². The molecule has 0 radical (unpaired) electrons. The lowest BCUT2D eigenvalue weighted by atomic mass is 10.3. The summed E-state index contributed by atoms with van der Waals surface area (Å²) in [6.07, 6.45) is 3.27. The van der Waals surface area contributed by atoms with E-state index < -0.39 is 0 Å². The smallest absolute Gasteiger partial charge is 0.178 e. The zero-order chi connectivity index (χ0) is 7.40. The van der Waals surface area contributed by atoms with Crippen LogP contribution in [0.5, 0.6) is 0 Å². The van der Waals surface area contributed by atoms with Gasteiger partial charge in [-0.1, -0.05) is 6.08 Å². The third kappa shape index (κ3) is 1.51. The minimum atomic E-state index is 0.539. The van der Waals surface area contributed by atoms with Crippen LogP contribution >= 0.6 is 11.3 Å². The highest BCUT2D eigenvalue weighted by Gasteiger charge is 1.96. The molecule has 0 aliphatic heterocycles. The second-order valence-electron chi connectivity index (χ2n) is 1.79. The lowest BCUT2D eigenvalue weighted by Crippen LogP contribution is -1.81. The summed E-state index contributed by atoms with van der Waals surface area (Å²) in [7, 11) is 0. The Bertz CT molecular complexity index is 242. The minimum Gasteiger partial charge on any atom is -0.295 e. The van der Waals surface area contributed by atoms with Gasteiger partial charge in [0.15, 0.2) is 11.3 Å². The highest BCUT2D eigenvalue weighted by atomic mass is 32.1. The van der Waals surface area contributed by atoms with E-state index in [4.69, 9.17) is 0 Å². The van der Waals surface area contributed by atoms with Crippen LogP contribution in [0, 0.1) is 0 Å². The zero-order valence-electron chi connectivity index (χ0n) is 5.41. The molecule has 0 saturated carbocycles. The first-order valence-corrected chi connectivity index (χ1v) is 3.75. The first kappa shape index (κ1) is 7.15. The van der Waals surface area contributed by atoms with Crippen LogP contribution in [0.3, 0.4) is 0 Å². The van der Waals surface area contributed by atoms with Crippen molar-refractivity contribution < 1.29 is 4.79 Å². The minimum absolute atomic E-state index is 0.539. The molecule has 0 aliphatic carbocycles. The molecule has 0 unspecified atom stereocenters. The Morgan fingerprint density at radius 3 is 3.10 bits per heavy atom. The Hall–Kier alpha value is -0.960. The summed E-state index contributed by atoms with van der Waals surface area (Å²) in [5.74, 6) is 0. The molecule has 0 bridgehead atoms. The number of carbonyl (C=O) groups excluding carboxylic acids is 1. The van der Waals surface area contributed by atoms with Crippen molar-refractivity contribution in [3.63, 3.8) is 0 Å². The Kier molecular flexibility index (Phi) is 2.34. The fourth-order valence-electron chi connectivity index (χ4n) is 0.618. The van der Waals surface area contributed by atoms with Gasteiger partial charge < -0.3 is 0 Å². The summed E-state index contributed by atoms with van der Waals surface area (Å²) in [5.41, 5.74) is 0.919. The molecule has 1 aromatic rings. The molecule has 10 heavy (non-hydrogen) atoms. The molecule has 1 heterocycles. The van der Waals surface area contributed by atoms with Crippen LogP contribution in [-0.2, 0) is 6.42 Å². The van der Waals surface area contributed by atoms with Gasteiger partial charge in [-0.05, 0) is 0 Å². The third-order valence-electron chi connectivity index (χ3n) is 1.02. The number of hydrogen-bond donors (Lipinski definition) is 0. The van der Waals surface area contributed by atoms with Gasteiger partial charge in [0.1, 0.15) is 0 Å². The van der Waals surface area contributed by atoms with Crippen LogP contribution in [0.1, 0.15) is 15.5 Å². The van der Waals surface area contributed by atoms with Crippen LogP contribution in [0.2, 0.25) is 0 Å². The van der Waals surface area contributed by atoms with Crippen molar-refractivity contribution in [2.24, 2.45) is 0 Å². The first-order chi connectivity index (χ1) is 4.86. The highest BCUT2D eigenvalue weighted by Crippen LogP contribution is 2.07. The SMILES string of the molecule is C=CCc1csc(C=O)n1. The number of carbonyl (C=O) groups is 1. The third-order valence-corrected chi connectivity index (χ3v) is 1.84. The van der Waals surface area contributed by atoms with Gasteiger partial charge in [0.05, 0.1) is 5.69 Å². The molecule has 0 aromatic carbocycles. The first-order valence-electron chi connectivity index (χ1n) is 2.87. The summed E-state index contributed by atoms with van der Waals surface area (Å²) in [4.78, 5) is 14.1. The van der Waals surface area contributed by atoms with Crippen molar-refractivity contribution in [3.05, 3.63) is 28.7 Å². The number of rotatable bonds is 3. The van der Waals surface area contributed by atoms with Crippen LogP contribution in [0.15, 0.2) is 18.0 Å². The molecule has 0 saturated heterocycles. The predicted molar refractivity (Wildman–Crippen MR) is 41.4 cm³/mol. The summed E-state index contributed by atoms with van der Waals surface area (Å²) in [5, 5.41) is 2.41. The Morgan fingerprint density at radius 2 is 2.60 bits per heavy atom. The van der Waals surface area contributed by atoms with Gasteiger partial charge >= 0.3 is 0 Å². The van der Waals surface area contributed by atoms with E-state index in [0.717, 1.165) is 18.4 Å². The molecule has 1 rings (SSSR count). The molecule has 0 N–H and O–H groups in total. The van der Waals surface area contributed by atoms with Gasteiger partial charge in [0.2, 0.25) is 0 Å². The van der Waals surface area contributed by atoms with Gasteiger partial charge in [0.25, 0.3) is 0 Å². The van der Waals surface area contributed by atoms with E-state index in [2.05, 4.69) is 11.6 Å². The zero-order valence-corrected chi connectivity index (χ0v) is 6.23. The Balaban J connectivity index is 2.77. The summed E-state index contributed by atoms with van der Waals surface area (Å²) >= 11 is 1.36. The molecule has 0 spiro atoms. The Morgan fingerprint density at radius 1 is 1.80 bits per heavy atom. The summed E-state index contributed by atoms with van der Waals surface area (Å²) in [6.45, 7) is 3.57. The summed E-state index contributed by atoms with van der Waals surface area (Å²) in [6, 6.07) is 0. The topological polar surface area (TPSA) is 30.0 Å². The van der Waals surface area contributed by atoms with E-state index in [9.17, 15) is 4.79 Å². The van der Waals surface area contributed by atoms with Crippen molar-refractivity contribution in [2.75, 3.05) is 0 Å². The van der Waals surface area contributed by atoms with E-state index in [-0.39, 0.29) is 0 Å². The molecular weight excluding hydrogens is 146 g/mol. The molecule has 0 atom stereocenters. The van der Waals surface area contributed by atoms with Crippen molar-refractivity contribution in [1.29, 1.82) is 0 Å². The lowest BCUT2D eigenvalue weighted by molar-refractivity contribution is 0.112. The van der Waals surface area contributed by atoms with Gasteiger partial charge in [-0.25, -0.2) is 4.98 Å². The fraction of sp³-hybridized carbons (Fsp3) is 0.143. The second kappa shape index (κ2) is 3.27. The van der Waals surface area contributed by atoms with E-state index in [0.29, 0.717) is 5.01 Å². The number of aromatic nitrogens is 1. The van der Waals surface area contributed by atoms with Crippen LogP contribution in [-0.4, -0.2) is 11.3 Å². The lowest BCUT2D eigenvalue weighted by Gasteiger charge is -1.81. The van der Waals surface area contributed by atoms with E-state index in [1.165, 1.54) is 11.3 Å². The van der Waals surface area contributed by atoms with Crippen LogP contribution in [0.25, 0.3) is 0 Å². The van der Waals surface area contributed by atoms with Crippen LogP contribution in [0.4, 0.5) is 0 Å². The molecule has 2 nitrogen and oxygen atoms in total. The Labute approximate surface area is 63.2 Å². The number of hydrogen-bond acceptors (Lipinski definition) is 3. The number of nitrogens with zero attached hydrogens (tertiary/aromatic N) is 1. The average Bonchev–Trinajstić information content (AvgIpc) is 2.37.